The van der Waals surface area contributed by atoms with Crippen LogP contribution in [0.15, 0.2) is 24.3 Å². The summed E-state index contributed by atoms with van der Waals surface area (Å²) in [5.74, 6) is -0.247. The maximum absolute atomic E-state index is 13.5. The second-order valence-corrected chi connectivity index (χ2v) is 4.77. The molecule has 102 valence electrons. The summed E-state index contributed by atoms with van der Waals surface area (Å²) in [5, 5.41) is 4.48. The van der Waals surface area contributed by atoms with E-state index in [2.05, 4.69) is 12.0 Å². The Morgan fingerprint density at radius 3 is 2.58 bits per heavy atom. The molecule has 1 unspecified atom stereocenters. The first-order valence-electron chi connectivity index (χ1n) is 6.64. The average Bonchev–Trinajstić information content (AvgIpc) is 2.80. The lowest BCUT2D eigenvalue weighted by molar-refractivity contribution is 0.589. The first kappa shape index (κ1) is 13.7. The van der Waals surface area contributed by atoms with Crippen molar-refractivity contribution in [2.24, 2.45) is 5.73 Å². The quantitative estimate of drug-likeness (QED) is 0.919. The molecule has 19 heavy (non-hydrogen) atoms. The Labute approximate surface area is 113 Å². The first-order valence-corrected chi connectivity index (χ1v) is 6.64. The molecular formula is C15H20FN3. The van der Waals surface area contributed by atoms with Gasteiger partial charge in [0.25, 0.3) is 0 Å². The Morgan fingerprint density at radius 1 is 1.26 bits per heavy atom. The van der Waals surface area contributed by atoms with Crippen molar-refractivity contribution >= 4 is 0 Å². The lowest BCUT2D eigenvalue weighted by Gasteiger charge is -2.14. The minimum Gasteiger partial charge on any atom is -0.319 e. The predicted molar refractivity (Wildman–Crippen MR) is 74.4 cm³/mol. The third kappa shape index (κ3) is 2.84. The van der Waals surface area contributed by atoms with E-state index in [1.54, 1.807) is 0 Å². The second kappa shape index (κ2) is 5.53. The summed E-state index contributed by atoms with van der Waals surface area (Å²) in [4.78, 5) is 0. The van der Waals surface area contributed by atoms with Crippen LogP contribution in [0.2, 0.25) is 0 Å². The zero-order chi connectivity index (χ0) is 14.0. The van der Waals surface area contributed by atoms with Crippen molar-refractivity contribution < 1.29 is 4.39 Å². The summed E-state index contributed by atoms with van der Waals surface area (Å²) in [6, 6.07) is 6.59. The van der Waals surface area contributed by atoms with E-state index in [1.807, 2.05) is 30.7 Å². The topological polar surface area (TPSA) is 43.8 Å². The Hall–Kier alpha value is -1.68. The van der Waals surface area contributed by atoms with Crippen LogP contribution < -0.4 is 5.73 Å². The van der Waals surface area contributed by atoms with Gasteiger partial charge >= 0.3 is 0 Å². The molecule has 2 N–H and O–H groups in total. The Kier molecular flexibility index (Phi) is 4.00. The van der Waals surface area contributed by atoms with Gasteiger partial charge in [-0.25, -0.2) is 4.39 Å². The maximum Gasteiger partial charge on any atom is 0.123 e. The molecule has 4 heteroatoms. The van der Waals surface area contributed by atoms with E-state index >= 15 is 0 Å². The van der Waals surface area contributed by atoms with E-state index in [4.69, 9.17) is 5.73 Å². The number of aromatic nitrogens is 2. The van der Waals surface area contributed by atoms with Crippen molar-refractivity contribution in [3.8, 4) is 0 Å². The highest BCUT2D eigenvalue weighted by molar-refractivity contribution is 5.32. The van der Waals surface area contributed by atoms with Crippen LogP contribution in [0.4, 0.5) is 4.39 Å². The van der Waals surface area contributed by atoms with Gasteiger partial charge in [0.1, 0.15) is 5.82 Å². The van der Waals surface area contributed by atoms with Crippen molar-refractivity contribution in [2.75, 3.05) is 0 Å². The van der Waals surface area contributed by atoms with Crippen molar-refractivity contribution in [1.29, 1.82) is 0 Å². The largest absolute Gasteiger partial charge is 0.319 e. The average molecular weight is 261 g/mol. The Morgan fingerprint density at radius 2 is 2.00 bits per heavy atom. The van der Waals surface area contributed by atoms with E-state index < -0.39 is 0 Å². The Bertz CT molecular complexity index is 555. The summed E-state index contributed by atoms with van der Waals surface area (Å²) in [5.41, 5.74) is 9.89. The zero-order valence-electron chi connectivity index (χ0n) is 11.7. The minimum atomic E-state index is -0.345. The minimum absolute atomic E-state index is 0.247. The van der Waals surface area contributed by atoms with Crippen LogP contribution in [-0.4, -0.2) is 9.78 Å². The monoisotopic (exact) mass is 261 g/mol. The van der Waals surface area contributed by atoms with Crippen LogP contribution in [-0.2, 0) is 13.0 Å². The van der Waals surface area contributed by atoms with Crippen molar-refractivity contribution in [2.45, 2.75) is 39.8 Å². The molecule has 1 aromatic carbocycles. The van der Waals surface area contributed by atoms with Gasteiger partial charge in [0.15, 0.2) is 0 Å². The highest BCUT2D eigenvalue weighted by atomic mass is 19.1. The predicted octanol–water partition coefficient (Wildman–Crippen LogP) is 2.96. The van der Waals surface area contributed by atoms with Gasteiger partial charge in [-0.2, -0.15) is 5.10 Å². The van der Waals surface area contributed by atoms with E-state index in [-0.39, 0.29) is 11.9 Å². The molecule has 2 rings (SSSR count). The third-order valence-corrected chi connectivity index (χ3v) is 3.27. The molecule has 0 bridgehead atoms. The van der Waals surface area contributed by atoms with E-state index in [0.29, 0.717) is 0 Å². The molecule has 1 heterocycles. The number of hydrogen-bond donors (Lipinski definition) is 1. The van der Waals surface area contributed by atoms with Crippen LogP contribution in [0.5, 0.6) is 0 Å². The molecule has 1 atom stereocenters. The van der Waals surface area contributed by atoms with Crippen molar-refractivity contribution in [3.05, 3.63) is 52.6 Å². The van der Waals surface area contributed by atoms with Crippen LogP contribution >= 0.6 is 0 Å². The van der Waals surface area contributed by atoms with Gasteiger partial charge in [-0.1, -0.05) is 13.0 Å². The lowest BCUT2D eigenvalue weighted by atomic mass is 10.0. The second-order valence-electron chi connectivity index (χ2n) is 4.77. The number of nitrogens with zero attached hydrogens (tertiary/aromatic N) is 2. The van der Waals surface area contributed by atoms with Gasteiger partial charge in [-0.3, -0.25) is 4.68 Å². The van der Waals surface area contributed by atoms with Gasteiger partial charge in [0.05, 0.1) is 17.4 Å². The summed E-state index contributed by atoms with van der Waals surface area (Å²) in [6.07, 6.45) is 0.870. The summed E-state index contributed by atoms with van der Waals surface area (Å²) < 4.78 is 15.4. The molecular weight excluding hydrogens is 241 g/mol. The van der Waals surface area contributed by atoms with E-state index in [9.17, 15) is 4.39 Å². The summed E-state index contributed by atoms with van der Waals surface area (Å²) in [7, 11) is 0. The fourth-order valence-electron chi connectivity index (χ4n) is 2.28. The van der Waals surface area contributed by atoms with E-state index in [1.165, 1.54) is 12.1 Å². The van der Waals surface area contributed by atoms with Crippen LogP contribution in [0, 0.1) is 12.7 Å². The van der Waals surface area contributed by atoms with Gasteiger partial charge in [-0.15, -0.1) is 0 Å². The lowest BCUT2D eigenvalue weighted by Crippen LogP contribution is -2.17. The molecule has 0 fully saturated rings. The molecule has 1 aromatic heterocycles. The molecule has 0 aliphatic carbocycles. The standard InChI is InChI=1S/C15H20FN3/c1-4-13-9-14(19(5-2)18-13)15(17)11-6-10(3)7-12(16)8-11/h6-9,15H,4-5,17H2,1-3H3. The molecule has 0 radical (unpaired) electrons. The van der Waals surface area contributed by atoms with Gasteiger partial charge in [-0.05, 0) is 49.6 Å². The Balaban J connectivity index is 2.42. The molecule has 3 nitrogen and oxygen atoms in total. The molecule has 0 saturated heterocycles. The zero-order valence-corrected chi connectivity index (χ0v) is 11.7. The van der Waals surface area contributed by atoms with Gasteiger partial charge in [0, 0.05) is 6.54 Å². The molecule has 0 spiro atoms. The van der Waals surface area contributed by atoms with Crippen molar-refractivity contribution in [3.63, 3.8) is 0 Å². The van der Waals surface area contributed by atoms with Crippen LogP contribution in [0.25, 0.3) is 0 Å². The highest BCUT2D eigenvalue weighted by Crippen LogP contribution is 2.22. The van der Waals surface area contributed by atoms with E-state index in [0.717, 1.165) is 35.5 Å². The van der Waals surface area contributed by atoms with Crippen LogP contribution in [0.3, 0.4) is 0 Å². The normalized spacial score (nSPS) is 12.7. The number of rotatable bonds is 4. The number of aryl methyl sites for hydroxylation is 3. The smallest absolute Gasteiger partial charge is 0.123 e. The van der Waals surface area contributed by atoms with Crippen LogP contribution in [0.1, 0.15) is 42.4 Å². The van der Waals surface area contributed by atoms with Gasteiger partial charge in [0.2, 0.25) is 0 Å². The molecule has 0 aliphatic rings. The first-order chi connectivity index (χ1) is 9.05. The SMILES string of the molecule is CCc1cc(C(N)c2cc(C)cc(F)c2)n(CC)n1. The summed E-state index contributed by atoms with van der Waals surface area (Å²) in [6.45, 7) is 6.72. The maximum atomic E-state index is 13.5. The number of halogens is 1. The summed E-state index contributed by atoms with van der Waals surface area (Å²) >= 11 is 0. The number of hydrogen-bond acceptors (Lipinski definition) is 2. The van der Waals surface area contributed by atoms with Crippen molar-refractivity contribution in [1.82, 2.24) is 9.78 Å². The molecule has 0 saturated carbocycles. The number of nitrogens with two attached hydrogens (primary N) is 1. The molecule has 0 aliphatic heterocycles. The fourth-order valence-corrected chi connectivity index (χ4v) is 2.28. The fraction of sp³-hybridized carbons (Fsp3) is 0.400. The van der Waals surface area contributed by atoms with Gasteiger partial charge < -0.3 is 5.73 Å². The molecule has 0 amide bonds. The molecule has 2 aromatic rings. The third-order valence-electron chi connectivity index (χ3n) is 3.27. The highest BCUT2D eigenvalue weighted by Gasteiger charge is 2.16. The number of benzene rings is 1.